The quantitative estimate of drug-likeness (QED) is 0.659. The smallest absolute Gasteiger partial charge is 0.173 e. The van der Waals surface area contributed by atoms with E-state index in [1.165, 1.54) is 24.2 Å². The Balaban J connectivity index is 2.01. The van der Waals surface area contributed by atoms with Gasteiger partial charge in [-0.2, -0.15) is 0 Å². The van der Waals surface area contributed by atoms with Crippen molar-refractivity contribution >= 4 is 23.0 Å². The van der Waals surface area contributed by atoms with E-state index in [4.69, 9.17) is 16.6 Å². The zero-order valence-electron chi connectivity index (χ0n) is 16.5. The van der Waals surface area contributed by atoms with Crippen molar-refractivity contribution in [1.29, 1.82) is 0 Å². The first-order chi connectivity index (χ1) is 12.5. The second-order valence-corrected chi connectivity index (χ2v) is 7.18. The molecule has 0 amide bonds. The minimum Gasteiger partial charge on any atom is -0.467 e. The molecule has 2 rings (SSSR count). The van der Waals surface area contributed by atoms with Gasteiger partial charge in [-0.25, -0.2) is 0 Å². The van der Waals surface area contributed by atoms with Gasteiger partial charge < -0.3 is 19.5 Å². The Morgan fingerprint density at radius 3 is 2.54 bits per heavy atom. The van der Waals surface area contributed by atoms with Gasteiger partial charge in [0, 0.05) is 18.7 Å². The molecule has 26 heavy (non-hydrogen) atoms. The Morgan fingerprint density at radius 2 is 1.92 bits per heavy atom. The van der Waals surface area contributed by atoms with Crippen molar-refractivity contribution < 1.29 is 9.32 Å². The van der Waals surface area contributed by atoms with E-state index in [0.29, 0.717) is 6.54 Å². The molecule has 0 aliphatic heterocycles. The van der Waals surface area contributed by atoms with Crippen LogP contribution in [-0.2, 0) is 6.54 Å². The van der Waals surface area contributed by atoms with Crippen LogP contribution in [0.15, 0.2) is 41.0 Å². The minimum atomic E-state index is 0.692. The van der Waals surface area contributed by atoms with Crippen LogP contribution >= 0.6 is 12.2 Å². The second kappa shape index (κ2) is 10.3. The summed E-state index contributed by atoms with van der Waals surface area (Å²) in [6, 6.07) is 10.3. The van der Waals surface area contributed by atoms with E-state index in [1.807, 2.05) is 12.1 Å². The van der Waals surface area contributed by atoms with Gasteiger partial charge in [-0.1, -0.05) is 6.07 Å². The van der Waals surface area contributed by atoms with Gasteiger partial charge in [0.05, 0.1) is 32.4 Å². The normalized spacial score (nSPS) is 11.0. The monoisotopic (exact) mass is 374 g/mol. The lowest BCUT2D eigenvalue weighted by molar-refractivity contribution is -0.896. The molecule has 2 N–H and O–H groups in total. The number of furan rings is 1. The third-order valence-corrected chi connectivity index (χ3v) is 5.29. The molecule has 1 heterocycles. The van der Waals surface area contributed by atoms with Crippen LogP contribution in [0.5, 0.6) is 0 Å². The number of benzene rings is 1. The van der Waals surface area contributed by atoms with Crippen LogP contribution in [0.25, 0.3) is 0 Å². The minimum absolute atomic E-state index is 0.692. The summed E-state index contributed by atoms with van der Waals surface area (Å²) < 4.78 is 5.53. The molecule has 0 radical (unpaired) electrons. The Morgan fingerprint density at radius 1 is 1.15 bits per heavy atom. The third kappa shape index (κ3) is 6.15. The van der Waals surface area contributed by atoms with Gasteiger partial charge in [-0.3, -0.25) is 0 Å². The molecule has 2 aromatic rings. The summed E-state index contributed by atoms with van der Waals surface area (Å²) in [5.74, 6) is 0.935. The zero-order valence-corrected chi connectivity index (χ0v) is 17.3. The molecule has 0 aliphatic carbocycles. The number of quaternary nitrogens is 1. The number of anilines is 1. The van der Waals surface area contributed by atoms with Gasteiger partial charge in [-0.05, 0) is 75.3 Å². The number of nitrogens with one attached hydrogen (secondary N) is 2. The zero-order chi connectivity index (χ0) is 18.9. The molecule has 0 aliphatic rings. The van der Waals surface area contributed by atoms with Crippen LogP contribution in [0.2, 0.25) is 0 Å². The SMILES string of the molecule is CC[NH+](CC)CCCN(Cc1ccco1)C(=S)Nc1ccc(C)c(C)c1. The van der Waals surface area contributed by atoms with Crippen molar-refractivity contribution in [3.8, 4) is 0 Å². The maximum absolute atomic E-state index is 5.71. The number of hydrogen-bond acceptors (Lipinski definition) is 2. The summed E-state index contributed by atoms with van der Waals surface area (Å²) in [5, 5.41) is 4.15. The Bertz CT molecular complexity index is 681. The first-order valence-electron chi connectivity index (χ1n) is 9.52. The van der Waals surface area contributed by atoms with Gasteiger partial charge in [0.15, 0.2) is 5.11 Å². The largest absolute Gasteiger partial charge is 0.467 e. The number of thiocarbonyl (C=S) groups is 1. The predicted octanol–water partition coefficient (Wildman–Crippen LogP) is 3.41. The number of aryl methyl sites for hydroxylation is 2. The fourth-order valence-electron chi connectivity index (χ4n) is 2.99. The summed E-state index contributed by atoms with van der Waals surface area (Å²) in [7, 11) is 0. The maximum Gasteiger partial charge on any atom is 0.173 e. The molecule has 0 bridgehead atoms. The molecule has 0 saturated heterocycles. The fourth-order valence-corrected chi connectivity index (χ4v) is 3.26. The van der Waals surface area contributed by atoms with Gasteiger partial charge in [-0.15, -0.1) is 0 Å². The summed E-state index contributed by atoms with van der Waals surface area (Å²) in [4.78, 5) is 3.82. The lowest BCUT2D eigenvalue weighted by Crippen LogP contribution is -3.11. The molecular formula is C21H32N3OS+. The van der Waals surface area contributed by atoms with E-state index in [0.717, 1.165) is 36.1 Å². The molecule has 4 nitrogen and oxygen atoms in total. The predicted molar refractivity (Wildman–Crippen MR) is 113 cm³/mol. The van der Waals surface area contributed by atoms with Gasteiger partial charge in [0.25, 0.3) is 0 Å². The van der Waals surface area contributed by atoms with Crippen molar-refractivity contribution in [2.75, 3.05) is 31.5 Å². The Hall–Kier alpha value is -1.85. The van der Waals surface area contributed by atoms with Crippen LogP contribution in [0, 0.1) is 13.8 Å². The molecule has 0 spiro atoms. The highest BCUT2D eigenvalue weighted by Gasteiger charge is 2.14. The first-order valence-corrected chi connectivity index (χ1v) is 9.93. The van der Waals surface area contributed by atoms with Crippen molar-refractivity contribution in [1.82, 2.24) is 4.90 Å². The summed E-state index contributed by atoms with van der Waals surface area (Å²) >= 11 is 5.71. The molecule has 0 atom stereocenters. The van der Waals surface area contributed by atoms with Crippen molar-refractivity contribution in [2.45, 2.75) is 40.7 Å². The topological polar surface area (TPSA) is 32.9 Å². The number of rotatable bonds is 9. The summed E-state index contributed by atoms with van der Waals surface area (Å²) in [6.07, 6.45) is 2.82. The van der Waals surface area contributed by atoms with Gasteiger partial charge >= 0.3 is 0 Å². The van der Waals surface area contributed by atoms with Crippen molar-refractivity contribution in [3.05, 3.63) is 53.5 Å². The van der Waals surface area contributed by atoms with Gasteiger partial charge in [0.1, 0.15) is 5.76 Å². The third-order valence-electron chi connectivity index (χ3n) is 4.93. The maximum atomic E-state index is 5.71. The van der Waals surface area contributed by atoms with Crippen molar-refractivity contribution in [3.63, 3.8) is 0 Å². The van der Waals surface area contributed by atoms with E-state index in [2.05, 4.69) is 56.1 Å². The van der Waals surface area contributed by atoms with E-state index in [9.17, 15) is 0 Å². The van der Waals surface area contributed by atoms with Gasteiger partial charge in [0.2, 0.25) is 0 Å². The van der Waals surface area contributed by atoms with Crippen LogP contribution in [0.1, 0.15) is 37.2 Å². The number of hydrogen-bond donors (Lipinski definition) is 2. The standard InChI is InChI=1S/C21H31N3OS/c1-5-23(6-2)12-8-13-24(16-20-9-7-14-25-20)21(26)22-19-11-10-17(3)18(4)15-19/h7,9-11,14-15H,5-6,8,12-13,16H2,1-4H3,(H,22,26)/p+1. The molecule has 0 fully saturated rings. The molecule has 1 aromatic heterocycles. The van der Waals surface area contributed by atoms with E-state index in [1.54, 1.807) is 11.2 Å². The van der Waals surface area contributed by atoms with Crippen LogP contribution < -0.4 is 10.2 Å². The highest BCUT2D eigenvalue weighted by molar-refractivity contribution is 7.80. The molecule has 0 saturated carbocycles. The van der Waals surface area contributed by atoms with Crippen LogP contribution in [-0.4, -0.2) is 36.2 Å². The molecular weight excluding hydrogens is 342 g/mol. The lowest BCUT2D eigenvalue weighted by atomic mass is 10.1. The second-order valence-electron chi connectivity index (χ2n) is 6.79. The molecule has 1 aromatic carbocycles. The average molecular weight is 375 g/mol. The van der Waals surface area contributed by atoms with Crippen molar-refractivity contribution in [2.24, 2.45) is 0 Å². The highest BCUT2D eigenvalue weighted by atomic mass is 32.1. The summed E-state index contributed by atoms with van der Waals surface area (Å²) in [5.41, 5.74) is 3.59. The molecule has 142 valence electrons. The van der Waals surface area contributed by atoms with Crippen LogP contribution in [0.4, 0.5) is 5.69 Å². The number of nitrogens with zero attached hydrogens (tertiary/aromatic N) is 1. The highest BCUT2D eigenvalue weighted by Crippen LogP contribution is 2.16. The molecule has 0 unspecified atom stereocenters. The Kier molecular flexibility index (Phi) is 8.13. The van der Waals surface area contributed by atoms with E-state index in [-0.39, 0.29) is 0 Å². The summed E-state index contributed by atoms with van der Waals surface area (Å²) in [6.45, 7) is 13.8. The lowest BCUT2D eigenvalue weighted by Gasteiger charge is -2.26. The molecule has 5 heteroatoms. The van der Waals surface area contributed by atoms with E-state index < -0.39 is 0 Å². The fraction of sp³-hybridized carbons (Fsp3) is 0.476. The first kappa shape index (κ1) is 20.5. The Labute approximate surface area is 163 Å². The van der Waals surface area contributed by atoms with E-state index >= 15 is 0 Å². The van der Waals surface area contributed by atoms with Crippen LogP contribution in [0.3, 0.4) is 0 Å². The average Bonchev–Trinajstić information content (AvgIpc) is 3.14.